The third-order valence-corrected chi connectivity index (χ3v) is 4.78. The summed E-state index contributed by atoms with van der Waals surface area (Å²) in [6.07, 6.45) is 1.95. The number of ether oxygens (including phenoxy) is 3. The van der Waals surface area contributed by atoms with Crippen molar-refractivity contribution in [2.45, 2.75) is 39.6 Å². The van der Waals surface area contributed by atoms with Crippen LogP contribution in [0.15, 0.2) is 24.4 Å². The van der Waals surface area contributed by atoms with Gasteiger partial charge in [-0.2, -0.15) is 0 Å². The summed E-state index contributed by atoms with van der Waals surface area (Å²) >= 11 is 0. The maximum absolute atomic E-state index is 5.54. The van der Waals surface area contributed by atoms with E-state index in [0.717, 1.165) is 43.6 Å². The van der Waals surface area contributed by atoms with Crippen molar-refractivity contribution in [1.82, 2.24) is 14.5 Å². The van der Waals surface area contributed by atoms with Gasteiger partial charge in [0, 0.05) is 26.2 Å². The average molecular weight is 329 g/mol. The number of imidazole rings is 1. The van der Waals surface area contributed by atoms with E-state index in [9.17, 15) is 0 Å². The minimum absolute atomic E-state index is 0.277. The number of fused-ring (bicyclic) bond motifs is 2. The number of benzene rings is 1. The largest absolute Gasteiger partial charge is 0.454 e. The third kappa shape index (κ3) is 2.76. The molecule has 0 amide bonds. The van der Waals surface area contributed by atoms with Crippen molar-refractivity contribution in [2.24, 2.45) is 0 Å². The molecular weight excluding hydrogens is 306 g/mol. The standard InChI is InChI=1S/C18H23N3O3/c1-3-22-11-15-9-19-18-13(2)20(6-7-21(15)18)10-14-4-5-16-17(8-14)24-12-23-16/h4-5,8-9,13H,3,6-7,10-12H2,1-2H3/t13-/m1/s1. The summed E-state index contributed by atoms with van der Waals surface area (Å²) in [7, 11) is 0. The normalized spacial score (nSPS) is 19.5. The molecule has 1 aromatic heterocycles. The molecule has 24 heavy (non-hydrogen) atoms. The van der Waals surface area contributed by atoms with Gasteiger partial charge in [-0.25, -0.2) is 4.98 Å². The van der Waals surface area contributed by atoms with E-state index >= 15 is 0 Å². The van der Waals surface area contributed by atoms with Crippen LogP contribution in [-0.4, -0.2) is 34.4 Å². The van der Waals surface area contributed by atoms with E-state index in [1.165, 1.54) is 11.3 Å². The fraction of sp³-hybridized carbons (Fsp3) is 0.500. The third-order valence-electron chi connectivity index (χ3n) is 4.78. The number of hydrogen-bond donors (Lipinski definition) is 0. The van der Waals surface area contributed by atoms with Gasteiger partial charge in [0.05, 0.1) is 24.5 Å². The van der Waals surface area contributed by atoms with Crippen LogP contribution in [-0.2, 0) is 24.4 Å². The average Bonchev–Trinajstić information content (AvgIpc) is 3.22. The Morgan fingerprint density at radius 2 is 2.12 bits per heavy atom. The lowest BCUT2D eigenvalue weighted by Crippen LogP contribution is -2.37. The molecule has 2 aromatic rings. The maximum Gasteiger partial charge on any atom is 0.231 e. The Morgan fingerprint density at radius 1 is 1.25 bits per heavy atom. The first kappa shape index (κ1) is 15.5. The van der Waals surface area contributed by atoms with Crippen molar-refractivity contribution in [2.75, 3.05) is 19.9 Å². The Balaban J connectivity index is 1.49. The van der Waals surface area contributed by atoms with Crippen LogP contribution in [0.5, 0.6) is 11.5 Å². The SMILES string of the molecule is CCOCc1cnc2n1CCN(Cc1ccc3c(c1)OCO3)[C@@H]2C. The second-order valence-electron chi connectivity index (χ2n) is 6.23. The minimum Gasteiger partial charge on any atom is -0.454 e. The molecule has 0 aliphatic carbocycles. The summed E-state index contributed by atoms with van der Waals surface area (Å²) < 4.78 is 18.7. The molecule has 2 aliphatic rings. The van der Waals surface area contributed by atoms with Crippen LogP contribution in [0, 0.1) is 0 Å². The summed E-state index contributed by atoms with van der Waals surface area (Å²) in [4.78, 5) is 7.09. The molecule has 3 heterocycles. The van der Waals surface area contributed by atoms with Crippen molar-refractivity contribution in [3.05, 3.63) is 41.5 Å². The van der Waals surface area contributed by atoms with Gasteiger partial charge < -0.3 is 18.8 Å². The van der Waals surface area contributed by atoms with Gasteiger partial charge >= 0.3 is 0 Å². The van der Waals surface area contributed by atoms with E-state index in [-0.39, 0.29) is 6.04 Å². The Morgan fingerprint density at radius 3 is 3.00 bits per heavy atom. The molecule has 0 unspecified atom stereocenters. The van der Waals surface area contributed by atoms with Crippen LogP contribution in [0.25, 0.3) is 0 Å². The molecule has 0 bridgehead atoms. The van der Waals surface area contributed by atoms with Gasteiger partial charge in [-0.15, -0.1) is 0 Å². The van der Waals surface area contributed by atoms with Gasteiger partial charge in [-0.3, -0.25) is 4.90 Å². The topological polar surface area (TPSA) is 48.8 Å². The van der Waals surface area contributed by atoms with E-state index < -0.39 is 0 Å². The predicted molar refractivity (Wildman–Crippen MR) is 88.9 cm³/mol. The molecular formula is C18H23N3O3. The second kappa shape index (κ2) is 6.45. The highest BCUT2D eigenvalue weighted by molar-refractivity contribution is 5.44. The van der Waals surface area contributed by atoms with Gasteiger partial charge in [-0.05, 0) is 31.5 Å². The van der Waals surface area contributed by atoms with Gasteiger partial charge in [0.1, 0.15) is 5.82 Å². The van der Waals surface area contributed by atoms with Crippen molar-refractivity contribution in [1.29, 1.82) is 0 Å². The summed E-state index contributed by atoms with van der Waals surface area (Å²) in [5, 5.41) is 0. The Bertz CT molecular complexity index is 728. The van der Waals surface area contributed by atoms with Crippen LogP contribution in [0.3, 0.4) is 0 Å². The quantitative estimate of drug-likeness (QED) is 0.844. The molecule has 128 valence electrons. The second-order valence-corrected chi connectivity index (χ2v) is 6.23. The fourth-order valence-electron chi connectivity index (χ4n) is 3.42. The lowest BCUT2D eigenvalue weighted by Gasteiger charge is -2.34. The van der Waals surface area contributed by atoms with Gasteiger partial charge in [0.2, 0.25) is 6.79 Å². The zero-order valence-electron chi connectivity index (χ0n) is 14.2. The summed E-state index contributed by atoms with van der Waals surface area (Å²) in [6.45, 7) is 8.75. The van der Waals surface area contributed by atoms with E-state index in [0.29, 0.717) is 13.4 Å². The highest BCUT2D eigenvalue weighted by Gasteiger charge is 2.27. The van der Waals surface area contributed by atoms with Crippen molar-refractivity contribution in [3.63, 3.8) is 0 Å². The number of aromatic nitrogens is 2. The summed E-state index contributed by atoms with van der Waals surface area (Å²) in [5.41, 5.74) is 2.40. The Labute approximate surface area is 142 Å². The number of rotatable bonds is 5. The fourth-order valence-corrected chi connectivity index (χ4v) is 3.42. The Hall–Kier alpha value is -2.05. The molecule has 0 fully saturated rings. The van der Waals surface area contributed by atoms with E-state index in [4.69, 9.17) is 14.2 Å². The number of nitrogens with zero attached hydrogens (tertiary/aromatic N) is 3. The summed E-state index contributed by atoms with van der Waals surface area (Å²) in [6, 6.07) is 6.46. The van der Waals surface area contributed by atoms with Crippen LogP contribution >= 0.6 is 0 Å². The van der Waals surface area contributed by atoms with E-state index in [1.54, 1.807) is 0 Å². The molecule has 0 radical (unpaired) electrons. The highest BCUT2D eigenvalue weighted by atomic mass is 16.7. The molecule has 2 aliphatic heterocycles. The van der Waals surface area contributed by atoms with Gasteiger partial charge in [0.15, 0.2) is 11.5 Å². The maximum atomic E-state index is 5.54. The smallest absolute Gasteiger partial charge is 0.231 e. The van der Waals surface area contributed by atoms with Crippen molar-refractivity contribution in [3.8, 4) is 11.5 Å². The molecule has 4 rings (SSSR count). The zero-order chi connectivity index (χ0) is 16.5. The van der Waals surface area contributed by atoms with Crippen LogP contribution < -0.4 is 9.47 Å². The lowest BCUT2D eigenvalue weighted by atomic mass is 10.1. The van der Waals surface area contributed by atoms with Crippen molar-refractivity contribution >= 4 is 0 Å². The summed E-state index contributed by atoms with van der Waals surface area (Å²) in [5.74, 6) is 2.80. The van der Waals surface area contributed by atoms with Crippen LogP contribution in [0.2, 0.25) is 0 Å². The molecule has 0 saturated heterocycles. The first-order chi connectivity index (χ1) is 11.8. The molecule has 0 spiro atoms. The van der Waals surface area contributed by atoms with Gasteiger partial charge in [-0.1, -0.05) is 6.07 Å². The molecule has 0 N–H and O–H groups in total. The minimum atomic E-state index is 0.277. The van der Waals surface area contributed by atoms with Crippen LogP contribution in [0.1, 0.15) is 37.0 Å². The predicted octanol–water partition coefficient (Wildman–Crippen LogP) is 2.73. The monoisotopic (exact) mass is 329 g/mol. The molecule has 1 aromatic carbocycles. The highest BCUT2D eigenvalue weighted by Crippen LogP contribution is 2.34. The Kier molecular flexibility index (Phi) is 4.16. The van der Waals surface area contributed by atoms with E-state index in [2.05, 4.69) is 33.5 Å². The van der Waals surface area contributed by atoms with E-state index in [1.807, 2.05) is 19.2 Å². The first-order valence-electron chi connectivity index (χ1n) is 8.51. The number of hydrogen-bond acceptors (Lipinski definition) is 5. The zero-order valence-corrected chi connectivity index (χ0v) is 14.2. The molecule has 6 nitrogen and oxygen atoms in total. The van der Waals surface area contributed by atoms with Crippen LogP contribution in [0.4, 0.5) is 0 Å². The first-order valence-corrected chi connectivity index (χ1v) is 8.51. The molecule has 6 heteroatoms. The molecule has 1 atom stereocenters. The molecule has 0 saturated carbocycles. The van der Waals surface area contributed by atoms with Crippen molar-refractivity contribution < 1.29 is 14.2 Å². The van der Waals surface area contributed by atoms with Gasteiger partial charge in [0.25, 0.3) is 0 Å². The lowest BCUT2D eigenvalue weighted by molar-refractivity contribution is 0.119.